The molecule has 29 heavy (non-hydrogen) atoms. The summed E-state index contributed by atoms with van der Waals surface area (Å²) in [6, 6.07) is 7.21. The van der Waals surface area contributed by atoms with Crippen LogP contribution in [0.15, 0.2) is 41.1 Å². The molecule has 1 heterocycles. The highest BCUT2D eigenvalue weighted by Crippen LogP contribution is 2.12. The number of Topliss-reactive ketones (excluding diaryl/α,β-unsaturated/α-hetero) is 1. The van der Waals surface area contributed by atoms with E-state index in [1.54, 1.807) is 36.7 Å². The molecular weight excluding hydrogens is 394 g/mol. The molecule has 1 aromatic heterocycles. The number of imide groups is 1. The van der Waals surface area contributed by atoms with Gasteiger partial charge in [0.25, 0.3) is 11.8 Å². The Balaban J connectivity index is 2.23. The standard InChI is InChI=1S/C20H23N3O5S/c1-4-21-13(3)17(24)14-7-6-8-15(11-14)18(25)22-23(20(27)28-5-2)19(26)16-9-10-29-12-16/h6-13,21H,4-5H2,1-3H3,(H,22,25). The van der Waals surface area contributed by atoms with E-state index in [-0.39, 0.29) is 23.5 Å². The van der Waals surface area contributed by atoms with Crippen molar-refractivity contribution in [1.82, 2.24) is 15.8 Å². The zero-order chi connectivity index (χ0) is 21.4. The van der Waals surface area contributed by atoms with E-state index in [0.717, 1.165) is 0 Å². The van der Waals surface area contributed by atoms with Gasteiger partial charge in [-0.25, -0.2) is 4.79 Å². The van der Waals surface area contributed by atoms with Crippen molar-refractivity contribution in [2.24, 2.45) is 0 Å². The van der Waals surface area contributed by atoms with Crippen LogP contribution in [-0.2, 0) is 4.74 Å². The Labute approximate surface area is 172 Å². The topological polar surface area (TPSA) is 105 Å². The first kappa shape index (κ1) is 22.3. The van der Waals surface area contributed by atoms with Crippen LogP contribution in [-0.4, -0.2) is 47.9 Å². The smallest absolute Gasteiger partial charge is 0.436 e. The Morgan fingerprint density at radius 2 is 1.83 bits per heavy atom. The normalized spacial score (nSPS) is 11.4. The highest BCUT2D eigenvalue weighted by atomic mass is 32.1. The maximum atomic E-state index is 12.7. The molecule has 0 fully saturated rings. The SMILES string of the molecule is CCNC(C)C(=O)c1cccc(C(=O)NN(C(=O)OCC)C(=O)c2ccsc2)c1. The molecule has 2 rings (SSSR count). The highest BCUT2D eigenvalue weighted by molar-refractivity contribution is 7.08. The number of benzene rings is 1. The van der Waals surface area contributed by atoms with E-state index >= 15 is 0 Å². The van der Waals surface area contributed by atoms with Crippen molar-refractivity contribution < 1.29 is 23.9 Å². The molecule has 0 radical (unpaired) electrons. The molecule has 9 heteroatoms. The van der Waals surface area contributed by atoms with E-state index in [1.807, 2.05) is 6.92 Å². The Morgan fingerprint density at radius 3 is 2.45 bits per heavy atom. The Morgan fingerprint density at radius 1 is 1.10 bits per heavy atom. The summed E-state index contributed by atoms with van der Waals surface area (Å²) < 4.78 is 4.87. The Bertz CT molecular complexity index is 882. The van der Waals surface area contributed by atoms with Gasteiger partial charge < -0.3 is 10.1 Å². The minimum absolute atomic E-state index is 0.0361. The number of ether oxygens (including phenoxy) is 1. The number of hydrogen-bond acceptors (Lipinski definition) is 7. The summed E-state index contributed by atoms with van der Waals surface area (Å²) in [5.41, 5.74) is 2.99. The number of hydrogen-bond donors (Lipinski definition) is 2. The molecular formula is C20H23N3O5S. The quantitative estimate of drug-likeness (QED) is 0.530. The molecule has 1 aromatic carbocycles. The Hall–Kier alpha value is -3.04. The van der Waals surface area contributed by atoms with Crippen molar-refractivity contribution >= 4 is 35.0 Å². The summed E-state index contributed by atoms with van der Waals surface area (Å²) in [6.45, 7) is 5.89. The summed E-state index contributed by atoms with van der Waals surface area (Å²) >= 11 is 1.28. The fourth-order valence-corrected chi connectivity index (χ4v) is 3.14. The van der Waals surface area contributed by atoms with Gasteiger partial charge in [-0.3, -0.25) is 19.8 Å². The number of likely N-dealkylation sites (N-methyl/N-ethyl adjacent to an activating group) is 1. The van der Waals surface area contributed by atoms with E-state index in [2.05, 4.69) is 10.7 Å². The fraction of sp³-hybridized carbons (Fsp3) is 0.300. The zero-order valence-electron chi connectivity index (χ0n) is 16.4. The van der Waals surface area contributed by atoms with Crippen LogP contribution < -0.4 is 10.7 Å². The predicted octanol–water partition coefficient (Wildman–Crippen LogP) is 2.87. The van der Waals surface area contributed by atoms with Crippen molar-refractivity contribution in [2.75, 3.05) is 13.2 Å². The van der Waals surface area contributed by atoms with E-state index in [9.17, 15) is 19.2 Å². The number of carbonyl (C=O) groups excluding carboxylic acids is 4. The van der Waals surface area contributed by atoms with Gasteiger partial charge in [-0.1, -0.05) is 19.1 Å². The van der Waals surface area contributed by atoms with Gasteiger partial charge in [0.1, 0.15) is 0 Å². The molecule has 0 aliphatic heterocycles. The molecule has 0 saturated carbocycles. The highest BCUT2D eigenvalue weighted by Gasteiger charge is 2.27. The molecule has 2 aromatic rings. The average Bonchev–Trinajstić information content (AvgIpc) is 3.26. The summed E-state index contributed by atoms with van der Waals surface area (Å²) in [7, 11) is 0. The molecule has 0 spiro atoms. The molecule has 0 saturated heterocycles. The fourth-order valence-electron chi connectivity index (χ4n) is 2.51. The summed E-state index contributed by atoms with van der Waals surface area (Å²) in [5.74, 6) is -1.60. The van der Waals surface area contributed by atoms with E-state index in [4.69, 9.17) is 4.74 Å². The van der Waals surface area contributed by atoms with Gasteiger partial charge in [0.2, 0.25) is 0 Å². The molecule has 154 valence electrons. The van der Waals surface area contributed by atoms with Gasteiger partial charge in [-0.05, 0) is 44.0 Å². The van der Waals surface area contributed by atoms with Crippen LogP contribution in [0.5, 0.6) is 0 Å². The molecule has 0 aliphatic carbocycles. The van der Waals surface area contributed by atoms with Crippen molar-refractivity contribution in [1.29, 1.82) is 0 Å². The first-order valence-electron chi connectivity index (χ1n) is 9.11. The second kappa shape index (κ2) is 10.5. The number of rotatable bonds is 7. The third-order valence-corrected chi connectivity index (χ3v) is 4.63. The average molecular weight is 417 g/mol. The maximum Gasteiger partial charge on any atom is 0.436 e. The molecule has 8 nitrogen and oxygen atoms in total. The maximum absolute atomic E-state index is 12.7. The lowest BCUT2D eigenvalue weighted by molar-refractivity contribution is 0.0505. The van der Waals surface area contributed by atoms with Gasteiger partial charge in [0.15, 0.2) is 5.78 Å². The molecule has 1 unspecified atom stereocenters. The van der Waals surface area contributed by atoms with Crippen LogP contribution >= 0.6 is 11.3 Å². The van der Waals surface area contributed by atoms with Crippen molar-refractivity contribution in [3.05, 3.63) is 57.8 Å². The van der Waals surface area contributed by atoms with Gasteiger partial charge in [0, 0.05) is 16.5 Å². The first-order valence-corrected chi connectivity index (χ1v) is 10.0. The van der Waals surface area contributed by atoms with Gasteiger partial charge in [0.05, 0.1) is 18.2 Å². The summed E-state index contributed by atoms with van der Waals surface area (Å²) in [4.78, 5) is 49.9. The van der Waals surface area contributed by atoms with Crippen molar-refractivity contribution in [3.63, 3.8) is 0 Å². The predicted molar refractivity (Wildman–Crippen MR) is 109 cm³/mol. The van der Waals surface area contributed by atoms with Crippen LogP contribution in [0.2, 0.25) is 0 Å². The second-order valence-electron chi connectivity index (χ2n) is 6.02. The number of amides is 3. The van der Waals surface area contributed by atoms with Gasteiger partial charge >= 0.3 is 6.09 Å². The lowest BCUT2D eigenvalue weighted by atomic mass is 10.0. The number of carbonyl (C=O) groups is 4. The van der Waals surface area contributed by atoms with E-state index in [1.165, 1.54) is 29.5 Å². The molecule has 3 amide bonds. The third kappa shape index (κ3) is 5.72. The number of hydrazine groups is 1. The minimum atomic E-state index is -0.995. The molecule has 1 atom stereocenters. The lowest BCUT2D eigenvalue weighted by Crippen LogP contribution is -2.50. The lowest BCUT2D eigenvalue weighted by Gasteiger charge is -2.20. The van der Waals surface area contributed by atoms with Gasteiger partial charge in [-0.2, -0.15) is 11.3 Å². The first-order chi connectivity index (χ1) is 13.9. The van der Waals surface area contributed by atoms with Crippen LogP contribution in [0.3, 0.4) is 0 Å². The second-order valence-corrected chi connectivity index (χ2v) is 6.80. The zero-order valence-corrected chi connectivity index (χ0v) is 17.2. The van der Waals surface area contributed by atoms with Crippen LogP contribution in [0.1, 0.15) is 51.8 Å². The van der Waals surface area contributed by atoms with E-state index in [0.29, 0.717) is 17.1 Å². The summed E-state index contributed by atoms with van der Waals surface area (Å²) in [5, 5.41) is 6.79. The van der Waals surface area contributed by atoms with Crippen LogP contribution in [0, 0.1) is 0 Å². The number of nitrogens with one attached hydrogen (secondary N) is 2. The number of ketones is 1. The number of thiophene rings is 1. The summed E-state index contributed by atoms with van der Waals surface area (Å²) in [6.07, 6.45) is -0.995. The van der Waals surface area contributed by atoms with E-state index < -0.39 is 23.9 Å². The monoisotopic (exact) mass is 417 g/mol. The third-order valence-electron chi connectivity index (χ3n) is 3.95. The molecule has 0 bridgehead atoms. The van der Waals surface area contributed by atoms with Crippen LogP contribution in [0.4, 0.5) is 4.79 Å². The number of nitrogens with zero attached hydrogens (tertiary/aromatic N) is 1. The molecule has 0 aliphatic rings. The van der Waals surface area contributed by atoms with Crippen molar-refractivity contribution in [3.8, 4) is 0 Å². The largest absolute Gasteiger partial charge is 0.448 e. The van der Waals surface area contributed by atoms with Gasteiger partial charge in [-0.15, -0.1) is 5.01 Å². The molecule has 2 N–H and O–H groups in total. The van der Waals surface area contributed by atoms with Crippen molar-refractivity contribution in [2.45, 2.75) is 26.8 Å². The van der Waals surface area contributed by atoms with Crippen LogP contribution in [0.25, 0.3) is 0 Å². The minimum Gasteiger partial charge on any atom is -0.448 e. The Kier molecular flexibility index (Phi) is 8.05.